The number of hydrogen-bond acceptors (Lipinski definition) is 4. The molecule has 0 bridgehead atoms. The predicted molar refractivity (Wildman–Crippen MR) is 59.1 cm³/mol. The van der Waals surface area contributed by atoms with Gasteiger partial charge >= 0.3 is 6.03 Å². The van der Waals surface area contributed by atoms with Crippen LogP contribution in [0.2, 0.25) is 0 Å². The third-order valence-electron chi connectivity index (χ3n) is 2.63. The van der Waals surface area contributed by atoms with E-state index in [2.05, 4.69) is 10.6 Å². The molecule has 0 aromatic carbocycles. The van der Waals surface area contributed by atoms with Gasteiger partial charge < -0.3 is 10.1 Å². The second-order valence-corrected chi connectivity index (χ2v) is 4.41. The number of nitrogens with zero attached hydrogens (tertiary/aromatic N) is 1. The number of ether oxygens (including phenoxy) is 1. The van der Waals surface area contributed by atoms with Crippen LogP contribution >= 0.6 is 0 Å². The predicted octanol–water partition coefficient (Wildman–Crippen LogP) is -0.447. The van der Waals surface area contributed by atoms with Crippen molar-refractivity contribution in [1.82, 2.24) is 15.5 Å². The van der Waals surface area contributed by atoms with Crippen molar-refractivity contribution < 1.29 is 14.3 Å². The summed E-state index contributed by atoms with van der Waals surface area (Å²) in [5.41, 5.74) is -0.168. The first kappa shape index (κ1) is 12.9. The number of rotatable bonds is 2. The zero-order valence-electron chi connectivity index (χ0n) is 10.0. The number of carbonyl (C=O) groups is 2. The zero-order valence-corrected chi connectivity index (χ0v) is 10.0. The van der Waals surface area contributed by atoms with Gasteiger partial charge in [-0.25, -0.2) is 4.79 Å². The van der Waals surface area contributed by atoms with E-state index in [1.54, 1.807) is 0 Å². The number of amides is 3. The summed E-state index contributed by atoms with van der Waals surface area (Å²) < 4.78 is 5.35. The van der Waals surface area contributed by atoms with Crippen LogP contribution in [0.15, 0.2) is 0 Å². The van der Waals surface area contributed by atoms with Crippen molar-refractivity contribution in [2.24, 2.45) is 0 Å². The Balaban J connectivity index is 2.46. The van der Waals surface area contributed by atoms with Crippen LogP contribution in [0.3, 0.4) is 0 Å². The third kappa shape index (κ3) is 3.46. The van der Waals surface area contributed by atoms with E-state index < -0.39 is 6.03 Å². The van der Waals surface area contributed by atoms with Crippen LogP contribution in [0.25, 0.3) is 0 Å². The van der Waals surface area contributed by atoms with Gasteiger partial charge in [-0.3, -0.25) is 15.0 Å². The largest absolute Gasteiger partial charge is 0.378 e. The van der Waals surface area contributed by atoms with Gasteiger partial charge in [-0.2, -0.15) is 0 Å². The van der Waals surface area contributed by atoms with Crippen molar-refractivity contribution in [3.63, 3.8) is 0 Å². The maximum absolute atomic E-state index is 11.5. The lowest BCUT2D eigenvalue weighted by Crippen LogP contribution is -2.56. The molecule has 3 amide bonds. The smallest absolute Gasteiger partial charge is 0.321 e. The van der Waals surface area contributed by atoms with Crippen LogP contribution in [-0.4, -0.2) is 55.7 Å². The fourth-order valence-electron chi connectivity index (χ4n) is 1.59. The summed E-state index contributed by atoms with van der Waals surface area (Å²) in [5, 5.41) is 4.58. The molecule has 2 N–H and O–H groups in total. The lowest BCUT2D eigenvalue weighted by molar-refractivity contribution is -0.126. The standard InChI is InChI=1S/C10H19N3O3/c1-10(2)7-16-5-4-13(10)6-8(14)12-9(15)11-3/h4-7H2,1-3H3,(H2,11,12,14,15). The van der Waals surface area contributed by atoms with Gasteiger partial charge in [-0.05, 0) is 13.8 Å². The Kier molecular flexibility index (Phi) is 4.26. The first-order valence-corrected chi connectivity index (χ1v) is 5.30. The highest BCUT2D eigenvalue weighted by molar-refractivity contribution is 5.95. The van der Waals surface area contributed by atoms with Crippen molar-refractivity contribution in [3.8, 4) is 0 Å². The molecule has 0 radical (unpaired) electrons. The molecule has 6 heteroatoms. The fourth-order valence-corrected chi connectivity index (χ4v) is 1.59. The monoisotopic (exact) mass is 229 g/mol. The minimum atomic E-state index is -0.476. The van der Waals surface area contributed by atoms with E-state index in [9.17, 15) is 9.59 Å². The van der Waals surface area contributed by atoms with E-state index in [0.717, 1.165) is 0 Å². The van der Waals surface area contributed by atoms with Gasteiger partial charge in [0.25, 0.3) is 0 Å². The molecule has 0 aromatic heterocycles. The van der Waals surface area contributed by atoms with Crippen LogP contribution in [-0.2, 0) is 9.53 Å². The van der Waals surface area contributed by atoms with E-state index >= 15 is 0 Å². The zero-order chi connectivity index (χ0) is 12.2. The van der Waals surface area contributed by atoms with Crippen LogP contribution in [0.4, 0.5) is 4.79 Å². The van der Waals surface area contributed by atoms with Crippen molar-refractivity contribution in [3.05, 3.63) is 0 Å². The Hall–Kier alpha value is -1.14. The summed E-state index contributed by atoms with van der Waals surface area (Å²) in [7, 11) is 1.47. The summed E-state index contributed by atoms with van der Waals surface area (Å²) in [6.07, 6.45) is 0. The molecule has 0 aliphatic carbocycles. The topological polar surface area (TPSA) is 70.7 Å². The molecule has 1 saturated heterocycles. The Morgan fingerprint density at radius 3 is 2.69 bits per heavy atom. The Morgan fingerprint density at radius 2 is 2.12 bits per heavy atom. The third-order valence-corrected chi connectivity index (χ3v) is 2.63. The van der Waals surface area contributed by atoms with Crippen LogP contribution in [0.5, 0.6) is 0 Å². The lowest BCUT2D eigenvalue weighted by Gasteiger charge is -2.41. The van der Waals surface area contributed by atoms with Gasteiger partial charge in [0.05, 0.1) is 19.8 Å². The molecule has 1 fully saturated rings. The van der Waals surface area contributed by atoms with Crippen LogP contribution in [0.1, 0.15) is 13.8 Å². The minimum absolute atomic E-state index is 0.168. The van der Waals surface area contributed by atoms with Gasteiger partial charge in [0, 0.05) is 19.1 Å². The lowest BCUT2D eigenvalue weighted by atomic mass is 10.0. The van der Waals surface area contributed by atoms with Crippen LogP contribution in [0, 0.1) is 0 Å². The van der Waals surface area contributed by atoms with E-state index in [-0.39, 0.29) is 18.0 Å². The van der Waals surface area contributed by atoms with E-state index in [1.807, 2.05) is 18.7 Å². The van der Waals surface area contributed by atoms with Gasteiger partial charge in [-0.1, -0.05) is 0 Å². The molecule has 1 aliphatic heterocycles. The molecule has 16 heavy (non-hydrogen) atoms. The number of hydrogen-bond donors (Lipinski definition) is 2. The van der Waals surface area contributed by atoms with Crippen molar-refractivity contribution in [2.75, 3.05) is 33.4 Å². The van der Waals surface area contributed by atoms with Gasteiger partial charge in [0.1, 0.15) is 0 Å². The molecule has 0 spiro atoms. The number of nitrogens with one attached hydrogen (secondary N) is 2. The molecular formula is C10H19N3O3. The Bertz CT molecular complexity index is 278. The fraction of sp³-hybridized carbons (Fsp3) is 0.800. The van der Waals surface area contributed by atoms with E-state index in [0.29, 0.717) is 19.8 Å². The molecule has 0 unspecified atom stereocenters. The number of imide groups is 1. The second-order valence-electron chi connectivity index (χ2n) is 4.41. The molecule has 1 aliphatic rings. The molecule has 0 atom stereocenters. The highest BCUT2D eigenvalue weighted by atomic mass is 16.5. The van der Waals surface area contributed by atoms with E-state index in [4.69, 9.17) is 4.74 Å². The summed E-state index contributed by atoms with van der Waals surface area (Å²) in [6.45, 7) is 6.16. The number of urea groups is 1. The molecule has 1 heterocycles. The first-order valence-electron chi connectivity index (χ1n) is 5.30. The normalized spacial score (nSPS) is 20.2. The van der Waals surface area contributed by atoms with E-state index in [1.165, 1.54) is 7.05 Å². The SMILES string of the molecule is CNC(=O)NC(=O)CN1CCOCC1(C)C. The summed E-state index contributed by atoms with van der Waals surface area (Å²) >= 11 is 0. The quantitative estimate of drug-likeness (QED) is 0.673. The average molecular weight is 229 g/mol. The van der Waals surface area contributed by atoms with Crippen LogP contribution < -0.4 is 10.6 Å². The second kappa shape index (κ2) is 5.27. The molecular weight excluding hydrogens is 210 g/mol. The summed E-state index contributed by atoms with van der Waals surface area (Å²) in [4.78, 5) is 24.5. The number of morpholine rings is 1. The Labute approximate surface area is 95.3 Å². The van der Waals surface area contributed by atoms with Crippen molar-refractivity contribution in [1.29, 1.82) is 0 Å². The van der Waals surface area contributed by atoms with Gasteiger partial charge in [0.2, 0.25) is 5.91 Å². The molecule has 6 nitrogen and oxygen atoms in total. The maximum atomic E-state index is 11.5. The highest BCUT2D eigenvalue weighted by Crippen LogP contribution is 2.17. The molecule has 1 rings (SSSR count). The van der Waals surface area contributed by atoms with Crippen molar-refractivity contribution >= 4 is 11.9 Å². The Morgan fingerprint density at radius 1 is 1.44 bits per heavy atom. The van der Waals surface area contributed by atoms with Gasteiger partial charge in [0.15, 0.2) is 0 Å². The first-order chi connectivity index (χ1) is 7.45. The minimum Gasteiger partial charge on any atom is -0.378 e. The molecule has 92 valence electrons. The summed E-state index contributed by atoms with van der Waals surface area (Å²) in [6, 6.07) is -0.476. The summed E-state index contributed by atoms with van der Waals surface area (Å²) in [5.74, 6) is -0.297. The average Bonchev–Trinajstić information content (AvgIpc) is 2.21. The van der Waals surface area contributed by atoms with Crippen molar-refractivity contribution in [2.45, 2.75) is 19.4 Å². The molecule has 0 saturated carbocycles. The molecule has 0 aromatic rings. The maximum Gasteiger partial charge on any atom is 0.321 e. The highest BCUT2D eigenvalue weighted by Gasteiger charge is 2.31. The number of carbonyl (C=O) groups excluding carboxylic acids is 2. The van der Waals surface area contributed by atoms with Gasteiger partial charge in [-0.15, -0.1) is 0 Å².